The van der Waals surface area contributed by atoms with E-state index in [-0.39, 0.29) is 6.61 Å². The smallest absolute Gasteiger partial charge is 0.410 e. The van der Waals surface area contributed by atoms with Crippen molar-refractivity contribution in [2.75, 3.05) is 13.7 Å². The van der Waals surface area contributed by atoms with Crippen LogP contribution >= 0.6 is 0 Å². The zero-order valence-corrected chi connectivity index (χ0v) is 9.32. The zero-order valence-electron chi connectivity index (χ0n) is 9.32. The molecule has 0 aliphatic rings. The molecule has 0 heterocycles. The molecule has 1 unspecified atom stereocenters. The van der Waals surface area contributed by atoms with Crippen molar-refractivity contribution in [2.24, 2.45) is 0 Å². The maximum absolute atomic E-state index is 11.4. The summed E-state index contributed by atoms with van der Waals surface area (Å²) in [5.41, 5.74) is -1.24. The van der Waals surface area contributed by atoms with Crippen molar-refractivity contribution in [3.63, 3.8) is 0 Å². The van der Waals surface area contributed by atoms with Gasteiger partial charge in [0.2, 0.25) is 0 Å². The summed E-state index contributed by atoms with van der Waals surface area (Å²) in [4.78, 5) is 23.5. The molecule has 0 radical (unpaired) electrons. The third-order valence-electron chi connectivity index (χ3n) is 2.49. The lowest BCUT2D eigenvalue weighted by Gasteiger charge is -2.33. The summed E-state index contributed by atoms with van der Waals surface area (Å²) < 4.78 is 4.76. The lowest BCUT2D eigenvalue weighted by Crippen LogP contribution is -2.52. The molecule has 0 rings (SSSR count). The van der Waals surface area contributed by atoms with Gasteiger partial charge in [0.1, 0.15) is 12.1 Å². The number of hydrogen-bond donors (Lipinski definition) is 1. The molecule has 86 valence electrons. The molecule has 1 atom stereocenters. The SMILES string of the molecule is C=CCOC(=O)N(C)C(C)(CC)C(=O)O. The van der Waals surface area contributed by atoms with E-state index in [1.807, 2.05) is 0 Å². The Morgan fingerprint density at radius 2 is 2.13 bits per heavy atom. The Balaban J connectivity index is 4.64. The number of amides is 1. The van der Waals surface area contributed by atoms with E-state index in [2.05, 4.69) is 6.58 Å². The molecule has 0 saturated heterocycles. The molecule has 0 aliphatic carbocycles. The fourth-order valence-electron chi connectivity index (χ4n) is 0.960. The number of carbonyl (C=O) groups excluding carboxylic acids is 1. The Morgan fingerprint density at radius 3 is 2.47 bits per heavy atom. The topological polar surface area (TPSA) is 66.8 Å². The van der Waals surface area contributed by atoms with E-state index in [4.69, 9.17) is 9.84 Å². The van der Waals surface area contributed by atoms with Crippen molar-refractivity contribution >= 4 is 12.1 Å². The summed E-state index contributed by atoms with van der Waals surface area (Å²) in [5.74, 6) is -1.05. The Hall–Kier alpha value is -1.52. The average Bonchev–Trinajstić information content (AvgIpc) is 2.23. The van der Waals surface area contributed by atoms with Gasteiger partial charge < -0.3 is 9.84 Å². The Kier molecular flexibility index (Phi) is 4.84. The minimum atomic E-state index is -1.24. The van der Waals surface area contributed by atoms with Crippen LogP contribution in [0.5, 0.6) is 0 Å². The number of likely N-dealkylation sites (N-methyl/N-ethyl adjacent to an activating group) is 1. The molecule has 0 saturated carbocycles. The molecule has 0 bridgehead atoms. The molecule has 0 aromatic heterocycles. The normalized spacial score (nSPS) is 13.8. The largest absolute Gasteiger partial charge is 0.480 e. The molecule has 1 amide bonds. The summed E-state index contributed by atoms with van der Waals surface area (Å²) in [6.45, 7) is 6.65. The van der Waals surface area contributed by atoms with E-state index in [0.29, 0.717) is 6.42 Å². The van der Waals surface area contributed by atoms with Gasteiger partial charge in [-0.25, -0.2) is 9.59 Å². The number of carbonyl (C=O) groups is 2. The monoisotopic (exact) mass is 215 g/mol. The highest BCUT2D eigenvalue weighted by Gasteiger charge is 2.39. The first kappa shape index (κ1) is 13.5. The van der Waals surface area contributed by atoms with Crippen molar-refractivity contribution in [1.29, 1.82) is 0 Å². The molecule has 0 spiro atoms. The molecular formula is C10H17NO4. The molecule has 0 fully saturated rings. The van der Waals surface area contributed by atoms with E-state index in [1.165, 1.54) is 20.0 Å². The summed E-state index contributed by atoms with van der Waals surface area (Å²) in [5, 5.41) is 9.01. The average molecular weight is 215 g/mol. The molecular weight excluding hydrogens is 198 g/mol. The predicted octanol–water partition coefficient (Wildman–Crippen LogP) is 1.49. The Labute approximate surface area is 89.3 Å². The van der Waals surface area contributed by atoms with Gasteiger partial charge in [0, 0.05) is 7.05 Å². The maximum atomic E-state index is 11.4. The van der Waals surface area contributed by atoms with Gasteiger partial charge >= 0.3 is 12.1 Å². The van der Waals surface area contributed by atoms with Crippen LogP contribution in [0.15, 0.2) is 12.7 Å². The van der Waals surface area contributed by atoms with E-state index in [9.17, 15) is 9.59 Å². The second-order valence-corrected chi connectivity index (χ2v) is 3.36. The fourth-order valence-corrected chi connectivity index (χ4v) is 0.960. The minimum Gasteiger partial charge on any atom is -0.480 e. The van der Waals surface area contributed by atoms with Crippen LogP contribution in [0, 0.1) is 0 Å². The van der Waals surface area contributed by atoms with Crippen molar-refractivity contribution in [2.45, 2.75) is 25.8 Å². The standard InChI is InChI=1S/C10H17NO4/c1-5-7-15-9(14)11(4)10(3,6-2)8(12)13/h5H,1,6-7H2,2-4H3,(H,12,13). The van der Waals surface area contributed by atoms with Crippen LogP contribution in [0.2, 0.25) is 0 Å². The van der Waals surface area contributed by atoms with Crippen LogP contribution < -0.4 is 0 Å². The van der Waals surface area contributed by atoms with Crippen molar-refractivity contribution in [3.05, 3.63) is 12.7 Å². The molecule has 5 heteroatoms. The van der Waals surface area contributed by atoms with E-state index in [0.717, 1.165) is 4.90 Å². The van der Waals surface area contributed by atoms with Gasteiger partial charge in [0.05, 0.1) is 0 Å². The Morgan fingerprint density at radius 1 is 1.60 bits per heavy atom. The van der Waals surface area contributed by atoms with Crippen LogP contribution in [0.25, 0.3) is 0 Å². The predicted molar refractivity (Wildman–Crippen MR) is 55.6 cm³/mol. The van der Waals surface area contributed by atoms with Gasteiger partial charge in [-0.1, -0.05) is 19.6 Å². The number of hydrogen-bond acceptors (Lipinski definition) is 3. The summed E-state index contributed by atoms with van der Waals surface area (Å²) in [7, 11) is 1.41. The van der Waals surface area contributed by atoms with Gasteiger partial charge in [0.15, 0.2) is 0 Å². The van der Waals surface area contributed by atoms with Crippen LogP contribution in [-0.4, -0.2) is 41.3 Å². The first-order valence-electron chi connectivity index (χ1n) is 4.65. The van der Waals surface area contributed by atoms with E-state index in [1.54, 1.807) is 6.92 Å². The zero-order chi connectivity index (χ0) is 12.1. The number of aliphatic carboxylic acids is 1. The van der Waals surface area contributed by atoms with E-state index >= 15 is 0 Å². The highest BCUT2D eigenvalue weighted by Crippen LogP contribution is 2.18. The third kappa shape index (κ3) is 2.97. The molecule has 0 aliphatic heterocycles. The number of rotatable bonds is 5. The Bertz CT molecular complexity index is 264. The number of ether oxygens (including phenoxy) is 1. The van der Waals surface area contributed by atoms with Crippen molar-refractivity contribution in [1.82, 2.24) is 4.90 Å². The molecule has 15 heavy (non-hydrogen) atoms. The van der Waals surface area contributed by atoms with Gasteiger partial charge in [-0.05, 0) is 13.3 Å². The highest BCUT2D eigenvalue weighted by molar-refractivity contribution is 5.83. The summed E-state index contributed by atoms with van der Waals surface area (Å²) >= 11 is 0. The maximum Gasteiger partial charge on any atom is 0.410 e. The number of carboxylic acid groups (broad SMARTS) is 1. The van der Waals surface area contributed by atoms with Gasteiger partial charge in [-0.2, -0.15) is 0 Å². The third-order valence-corrected chi connectivity index (χ3v) is 2.49. The van der Waals surface area contributed by atoms with Crippen LogP contribution in [0.4, 0.5) is 4.79 Å². The number of nitrogens with zero attached hydrogens (tertiary/aromatic N) is 1. The van der Waals surface area contributed by atoms with Crippen LogP contribution in [-0.2, 0) is 9.53 Å². The van der Waals surface area contributed by atoms with Crippen molar-refractivity contribution < 1.29 is 19.4 Å². The molecule has 1 N–H and O–H groups in total. The van der Waals surface area contributed by atoms with Gasteiger partial charge in [-0.3, -0.25) is 4.90 Å². The van der Waals surface area contributed by atoms with E-state index < -0.39 is 17.6 Å². The lowest BCUT2D eigenvalue weighted by atomic mass is 9.98. The summed E-state index contributed by atoms with van der Waals surface area (Å²) in [6.07, 6.45) is 1.07. The minimum absolute atomic E-state index is 0.0720. The molecule has 0 aromatic carbocycles. The second-order valence-electron chi connectivity index (χ2n) is 3.36. The fraction of sp³-hybridized carbons (Fsp3) is 0.600. The summed E-state index contributed by atoms with van der Waals surface area (Å²) in [6, 6.07) is 0. The highest BCUT2D eigenvalue weighted by atomic mass is 16.6. The second kappa shape index (κ2) is 5.38. The van der Waals surface area contributed by atoms with Crippen LogP contribution in [0.3, 0.4) is 0 Å². The quantitative estimate of drug-likeness (QED) is 0.705. The molecule has 0 aromatic rings. The van der Waals surface area contributed by atoms with Gasteiger partial charge in [-0.15, -0.1) is 0 Å². The first-order chi connectivity index (χ1) is 6.90. The van der Waals surface area contributed by atoms with Gasteiger partial charge in [0.25, 0.3) is 0 Å². The van der Waals surface area contributed by atoms with Crippen molar-refractivity contribution in [3.8, 4) is 0 Å². The number of carboxylic acids is 1. The first-order valence-corrected chi connectivity index (χ1v) is 4.65. The lowest BCUT2D eigenvalue weighted by molar-refractivity contribution is -0.148. The molecule has 5 nitrogen and oxygen atoms in total. The van der Waals surface area contributed by atoms with Crippen LogP contribution in [0.1, 0.15) is 20.3 Å².